The Bertz CT molecular complexity index is 733. The van der Waals surface area contributed by atoms with Gasteiger partial charge in [0.15, 0.2) is 0 Å². The van der Waals surface area contributed by atoms with Gasteiger partial charge in [0.1, 0.15) is 5.69 Å². The maximum absolute atomic E-state index is 13.8. The number of hydrogen-bond donors (Lipinski definition) is 0. The van der Waals surface area contributed by atoms with Gasteiger partial charge in [0.2, 0.25) is 0 Å². The van der Waals surface area contributed by atoms with Crippen LogP contribution in [0.5, 0.6) is 0 Å². The summed E-state index contributed by atoms with van der Waals surface area (Å²) in [6.07, 6.45) is 1.36. The number of allylic oxidation sites excluding steroid dienone is 1. The number of alkyl halides is 2. The normalized spacial score (nSPS) is 11.4. The van der Waals surface area contributed by atoms with E-state index in [0.717, 1.165) is 12.0 Å². The molecule has 0 saturated carbocycles. The topological polar surface area (TPSA) is 38.1 Å². The highest BCUT2D eigenvalue weighted by atomic mass is 19.3. The van der Waals surface area contributed by atoms with Gasteiger partial charge in [-0.25, -0.2) is 0 Å². The molecule has 0 saturated heterocycles. The van der Waals surface area contributed by atoms with Crippen molar-refractivity contribution in [2.24, 2.45) is 0 Å². The third kappa shape index (κ3) is 3.53. The molecule has 6 heteroatoms. The standard InChI is InChI=1S/C18H21F2N3O/c1-5-11-23-15(12-16(21-23)18(19,20)6-2)13-7-9-14(10-8-13)17(24)22(3)4/h6-10,12H,2,5,11H2,1,3-4H3. The molecule has 1 aromatic carbocycles. The van der Waals surface area contributed by atoms with Crippen LogP contribution in [0.15, 0.2) is 43.0 Å². The van der Waals surface area contributed by atoms with E-state index in [1.165, 1.54) is 11.0 Å². The lowest BCUT2D eigenvalue weighted by Gasteiger charge is -2.11. The lowest BCUT2D eigenvalue weighted by molar-refractivity contribution is 0.0468. The van der Waals surface area contributed by atoms with Crippen LogP contribution in [0.25, 0.3) is 11.3 Å². The molecule has 1 amide bonds. The summed E-state index contributed by atoms with van der Waals surface area (Å²) in [6, 6.07) is 8.24. The zero-order valence-electron chi connectivity index (χ0n) is 14.1. The molecule has 0 radical (unpaired) electrons. The average Bonchev–Trinajstić information content (AvgIpc) is 2.99. The predicted molar refractivity (Wildman–Crippen MR) is 90.1 cm³/mol. The Hall–Kier alpha value is -2.50. The Labute approximate surface area is 140 Å². The summed E-state index contributed by atoms with van der Waals surface area (Å²) in [7, 11) is 3.35. The van der Waals surface area contributed by atoms with Crippen molar-refractivity contribution in [3.8, 4) is 11.3 Å². The predicted octanol–water partition coefficient (Wildman–Crippen LogP) is 3.94. The van der Waals surface area contributed by atoms with Gasteiger partial charge in [0.05, 0.1) is 5.69 Å². The first-order chi connectivity index (χ1) is 11.3. The number of carbonyl (C=O) groups is 1. The van der Waals surface area contributed by atoms with Crippen LogP contribution in [0, 0.1) is 0 Å². The molecule has 0 fully saturated rings. The van der Waals surface area contributed by atoms with Crippen molar-refractivity contribution in [3.63, 3.8) is 0 Å². The molecule has 0 unspecified atom stereocenters. The van der Waals surface area contributed by atoms with E-state index in [1.54, 1.807) is 43.0 Å². The van der Waals surface area contributed by atoms with Gasteiger partial charge >= 0.3 is 5.92 Å². The van der Waals surface area contributed by atoms with Gasteiger partial charge in [0, 0.05) is 26.2 Å². The van der Waals surface area contributed by atoms with E-state index in [4.69, 9.17) is 0 Å². The van der Waals surface area contributed by atoms with Gasteiger partial charge in [-0.3, -0.25) is 9.48 Å². The second-order valence-electron chi connectivity index (χ2n) is 5.74. The molecular formula is C18H21F2N3O. The minimum absolute atomic E-state index is 0.109. The molecule has 1 heterocycles. The molecule has 0 spiro atoms. The minimum atomic E-state index is -3.17. The number of halogens is 2. The molecule has 0 aliphatic rings. The van der Waals surface area contributed by atoms with Crippen molar-refractivity contribution in [3.05, 3.63) is 54.2 Å². The smallest absolute Gasteiger partial charge is 0.309 e. The third-order valence-corrected chi connectivity index (χ3v) is 3.65. The summed E-state index contributed by atoms with van der Waals surface area (Å²) in [5.41, 5.74) is 1.55. The van der Waals surface area contributed by atoms with E-state index in [0.29, 0.717) is 23.9 Å². The number of benzene rings is 1. The number of aryl methyl sites for hydroxylation is 1. The molecular weight excluding hydrogens is 312 g/mol. The van der Waals surface area contributed by atoms with Gasteiger partial charge in [-0.05, 0) is 36.3 Å². The van der Waals surface area contributed by atoms with Crippen LogP contribution in [-0.4, -0.2) is 34.7 Å². The molecule has 0 N–H and O–H groups in total. The number of aromatic nitrogens is 2. The highest BCUT2D eigenvalue weighted by molar-refractivity contribution is 5.94. The zero-order chi connectivity index (χ0) is 17.9. The first-order valence-electron chi connectivity index (χ1n) is 7.72. The van der Waals surface area contributed by atoms with Gasteiger partial charge in [-0.15, -0.1) is 0 Å². The Kier molecular flexibility index (Phi) is 5.17. The lowest BCUT2D eigenvalue weighted by atomic mass is 10.1. The number of rotatable bonds is 6. The molecule has 0 aliphatic carbocycles. The van der Waals surface area contributed by atoms with Crippen LogP contribution in [0.1, 0.15) is 29.4 Å². The highest BCUT2D eigenvalue weighted by Gasteiger charge is 2.31. The van der Waals surface area contributed by atoms with Crippen molar-refractivity contribution in [2.45, 2.75) is 25.8 Å². The van der Waals surface area contributed by atoms with Crippen molar-refractivity contribution >= 4 is 5.91 Å². The van der Waals surface area contributed by atoms with Gasteiger partial charge in [-0.2, -0.15) is 13.9 Å². The average molecular weight is 333 g/mol. The number of amides is 1. The van der Waals surface area contributed by atoms with Crippen LogP contribution in [0.3, 0.4) is 0 Å². The number of nitrogens with zero attached hydrogens (tertiary/aromatic N) is 3. The minimum Gasteiger partial charge on any atom is -0.345 e. The van der Waals surface area contributed by atoms with E-state index in [-0.39, 0.29) is 11.6 Å². The van der Waals surface area contributed by atoms with Crippen LogP contribution in [-0.2, 0) is 12.5 Å². The molecule has 128 valence electrons. The van der Waals surface area contributed by atoms with Crippen LogP contribution < -0.4 is 0 Å². The Morgan fingerprint density at radius 3 is 2.46 bits per heavy atom. The first kappa shape index (κ1) is 17.8. The monoisotopic (exact) mass is 333 g/mol. The summed E-state index contributed by atoms with van der Waals surface area (Å²) >= 11 is 0. The Morgan fingerprint density at radius 1 is 1.33 bits per heavy atom. The maximum atomic E-state index is 13.8. The fraction of sp³-hybridized carbons (Fsp3) is 0.333. The van der Waals surface area contributed by atoms with Crippen LogP contribution >= 0.6 is 0 Å². The zero-order valence-corrected chi connectivity index (χ0v) is 14.1. The fourth-order valence-corrected chi connectivity index (χ4v) is 2.34. The van der Waals surface area contributed by atoms with E-state index >= 15 is 0 Å². The van der Waals surface area contributed by atoms with Crippen LogP contribution in [0.2, 0.25) is 0 Å². The molecule has 2 rings (SSSR count). The SMILES string of the molecule is C=CC(F)(F)c1cc(-c2ccc(C(=O)N(C)C)cc2)n(CCC)n1. The van der Waals surface area contributed by atoms with Gasteiger partial charge < -0.3 is 4.90 Å². The molecule has 2 aromatic rings. The summed E-state index contributed by atoms with van der Waals surface area (Å²) in [6.45, 7) is 5.66. The second-order valence-corrected chi connectivity index (χ2v) is 5.74. The third-order valence-electron chi connectivity index (χ3n) is 3.65. The van der Waals surface area contributed by atoms with Crippen molar-refractivity contribution in [1.29, 1.82) is 0 Å². The maximum Gasteiger partial charge on any atom is 0.309 e. The van der Waals surface area contributed by atoms with Crippen molar-refractivity contribution in [1.82, 2.24) is 14.7 Å². The second kappa shape index (κ2) is 6.95. The summed E-state index contributed by atoms with van der Waals surface area (Å²) < 4.78 is 29.3. The Morgan fingerprint density at radius 2 is 1.96 bits per heavy atom. The van der Waals surface area contributed by atoms with Crippen molar-refractivity contribution in [2.75, 3.05) is 14.1 Å². The molecule has 1 aromatic heterocycles. The number of hydrogen-bond acceptors (Lipinski definition) is 2. The molecule has 0 bridgehead atoms. The first-order valence-corrected chi connectivity index (χ1v) is 7.72. The molecule has 0 aliphatic heterocycles. The summed E-state index contributed by atoms with van der Waals surface area (Å²) in [5, 5.41) is 4.02. The van der Waals surface area contributed by atoms with Gasteiger partial charge in [-0.1, -0.05) is 25.6 Å². The number of carbonyl (C=O) groups excluding carboxylic acids is 1. The summed E-state index contributed by atoms with van der Waals surface area (Å²) in [4.78, 5) is 13.4. The van der Waals surface area contributed by atoms with E-state index < -0.39 is 5.92 Å². The fourth-order valence-electron chi connectivity index (χ4n) is 2.34. The molecule has 0 atom stereocenters. The molecule has 4 nitrogen and oxygen atoms in total. The quantitative estimate of drug-likeness (QED) is 0.751. The van der Waals surface area contributed by atoms with E-state index in [9.17, 15) is 13.6 Å². The lowest BCUT2D eigenvalue weighted by Crippen LogP contribution is -2.21. The van der Waals surface area contributed by atoms with Gasteiger partial charge in [0.25, 0.3) is 5.91 Å². The molecule has 24 heavy (non-hydrogen) atoms. The largest absolute Gasteiger partial charge is 0.345 e. The Balaban J connectivity index is 2.43. The highest BCUT2D eigenvalue weighted by Crippen LogP contribution is 2.31. The van der Waals surface area contributed by atoms with Crippen LogP contribution in [0.4, 0.5) is 8.78 Å². The summed E-state index contributed by atoms with van der Waals surface area (Å²) in [5.74, 6) is -3.28. The van der Waals surface area contributed by atoms with E-state index in [2.05, 4.69) is 11.7 Å². The van der Waals surface area contributed by atoms with E-state index in [1.807, 2.05) is 6.92 Å². The van der Waals surface area contributed by atoms with Crippen molar-refractivity contribution < 1.29 is 13.6 Å².